The first-order valence-corrected chi connectivity index (χ1v) is 8.69. The molecule has 4 nitrogen and oxygen atoms in total. The van der Waals surface area contributed by atoms with E-state index in [0.29, 0.717) is 16.6 Å². The van der Waals surface area contributed by atoms with Gasteiger partial charge in [0.25, 0.3) is 0 Å². The molecule has 0 spiro atoms. The second kappa shape index (κ2) is 5.00. The third-order valence-electron chi connectivity index (χ3n) is 5.06. The smallest absolute Gasteiger partial charge is 0.299 e. The Hall–Kier alpha value is -2.74. The first-order chi connectivity index (χ1) is 13.0. The predicted octanol–water partition coefficient (Wildman–Crippen LogP) is 5.46. The molecule has 0 N–H and O–H groups in total. The van der Waals surface area contributed by atoms with E-state index in [9.17, 15) is 17.6 Å². The summed E-state index contributed by atoms with van der Waals surface area (Å²) in [5, 5.41) is 1.59. The summed E-state index contributed by atoms with van der Waals surface area (Å²) in [5.41, 5.74) is 0.0217. The zero-order valence-corrected chi connectivity index (χ0v) is 15.2. The van der Waals surface area contributed by atoms with Crippen LogP contribution >= 0.6 is 0 Å². The van der Waals surface area contributed by atoms with E-state index in [0.717, 1.165) is 23.2 Å². The van der Waals surface area contributed by atoms with Crippen LogP contribution in [0.25, 0.3) is 27.5 Å². The Morgan fingerprint density at radius 1 is 1.00 bits per heavy atom. The number of pyridine rings is 2. The highest BCUT2D eigenvalue weighted by atomic mass is 19.3. The molecule has 0 saturated carbocycles. The normalized spacial score (nSPS) is 18.2. The van der Waals surface area contributed by atoms with Crippen molar-refractivity contribution in [2.45, 2.75) is 38.4 Å². The number of imidazole rings is 1. The second-order valence-corrected chi connectivity index (χ2v) is 8.05. The Morgan fingerprint density at radius 2 is 1.68 bits per heavy atom. The molecule has 0 amide bonds. The third-order valence-corrected chi connectivity index (χ3v) is 5.06. The van der Waals surface area contributed by atoms with Gasteiger partial charge < -0.3 is 0 Å². The summed E-state index contributed by atoms with van der Waals surface area (Å²) in [6.45, 7) is 6.15. The Kier molecular flexibility index (Phi) is 3.10. The van der Waals surface area contributed by atoms with Gasteiger partial charge in [-0.25, -0.2) is 9.72 Å². The highest BCUT2D eigenvalue weighted by Crippen LogP contribution is 2.51. The summed E-state index contributed by atoms with van der Waals surface area (Å²) >= 11 is 0. The molecule has 0 unspecified atom stereocenters. The molecule has 1 aromatic carbocycles. The van der Waals surface area contributed by atoms with Crippen molar-refractivity contribution in [3.05, 3.63) is 53.5 Å². The van der Waals surface area contributed by atoms with Crippen molar-refractivity contribution in [1.29, 1.82) is 0 Å². The number of ether oxygens (including phenoxy) is 1. The molecule has 8 heteroatoms. The van der Waals surface area contributed by atoms with Crippen molar-refractivity contribution < 1.29 is 22.3 Å². The third kappa shape index (κ3) is 2.27. The van der Waals surface area contributed by atoms with Gasteiger partial charge in [-0.3, -0.25) is 9.38 Å². The lowest BCUT2D eigenvalue weighted by atomic mass is 9.91. The lowest BCUT2D eigenvalue weighted by Crippen LogP contribution is -2.17. The van der Waals surface area contributed by atoms with Crippen LogP contribution in [0.2, 0.25) is 0 Å². The van der Waals surface area contributed by atoms with Crippen molar-refractivity contribution >= 4 is 27.5 Å². The fraction of sp³-hybridized carbons (Fsp3) is 0.300. The molecule has 5 rings (SSSR count). The van der Waals surface area contributed by atoms with Crippen LogP contribution in [0.1, 0.15) is 37.6 Å². The fourth-order valence-electron chi connectivity index (χ4n) is 3.60. The van der Waals surface area contributed by atoms with E-state index >= 15 is 0 Å². The zero-order valence-electron chi connectivity index (χ0n) is 15.2. The monoisotopic (exact) mass is 389 g/mol. The fourth-order valence-corrected chi connectivity index (χ4v) is 3.60. The average molecular weight is 389 g/mol. The average Bonchev–Trinajstić information content (AvgIpc) is 3.04. The number of hydrogen-bond acceptors (Lipinski definition) is 3. The summed E-state index contributed by atoms with van der Waals surface area (Å²) in [6.07, 6.45) is -4.75. The van der Waals surface area contributed by atoms with E-state index in [1.807, 2.05) is 32.9 Å². The van der Waals surface area contributed by atoms with Crippen LogP contribution in [0, 0.1) is 0 Å². The van der Waals surface area contributed by atoms with E-state index in [4.69, 9.17) is 0 Å². The van der Waals surface area contributed by atoms with Gasteiger partial charge in [0.05, 0.1) is 22.2 Å². The maximum absolute atomic E-state index is 13.9. The van der Waals surface area contributed by atoms with Crippen LogP contribution in [0.5, 0.6) is 0 Å². The van der Waals surface area contributed by atoms with E-state index in [1.165, 1.54) is 0 Å². The Bertz CT molecular complexity index is 1290. The molecular formula is C20H15F4N3O. The van der Waals surface area contributed by atoms with Gasteiger partial charge in [-0.1, -0.05) is 20.8 Å². The second-order valence-electron chi connectivity index (χ2n) is 8.05. The summed E-state index contributed by atoms with van der Waals surface area (Å²) in [5.74, 6) is 0. The number of nitrogens with zero attached hydrogens (tertiary/aromatic N) is 3. The Balaban J connectivity index is 1.82. The number of aromatic nitrogens is 3. The summed E-state index contributed by atoms with van der Waals surface area (Å²) < 4.78 is 60.9. The van der Waals surface area contributed by atoms with Crippen LogP contribution in [0.3, 0.4) is 0 Å². The van der Waals surface area contributed by atoms with Crippen LogP contribution in [-0.4, -0.2) is 14.4 Å². The van der Waals surface area contributed by atoms with Crippen LogP contribution in [0.4, 0.5) is 17.6 Å². The number of fused-ring (bicyclic) bond motifs is 6. The number of alkyl halides is 4. The highest BCUT2D eigenvalue weighted by molar-refractivity contribution is 5.98. The molecule has 1 aliphatic rings. The summed E-state index contributed by atoms with van der Waals surface area (Å²) in [6, 6.07) is 5.78. The molecule has 0 atom stereocenters. The first kappa shape index (κ1) is 17.4. The molecule has 4 heterocycles. The Labute approximate surface area is 156 Å². The van der Waals surface area contributed by atoms with Crippen molar-refractivity contribution in [2.24, 2.45) is 0 Å². The van der Waals surface area contributed by atoms with Crippen molar-refractivity contribution in [3.8, 4) is 0 Å². The molecule has 28 heavy (non-hydrogen) atoms. The maximum Gasteiger partial charge on any atom is 0.388 e. The first-order valence-electron chi connectivity index (χ1n) is 8.69. The van der Waals surface area contributed by atoms with Crippen molar-refractivity contribution in [1.82, 2.24) is 14.4 Å². The molecule has 4 aromatic rings. The minimum absolute atomic E-state index is 0.140. The highest BCUT2D eigenvalue weighted by Gasteiger charge is 2.57. The lowest BCUT2D eigenvalue weighted by Gasteiger charge is -2.18. The van der Waals surface area contributed by atoms with Gasteiger partial charge in [0.2, 0.25) is 0 Å². The molecule has 0 aliphatic carbocycles. The molecule has 3 aromatic heterocycles. The molecule has 0 radical (unpaired) electrons. The molecular weight excluding hydrogens is 374 g/mol. The minimum Gasteiger partial charge on any atom is -0.299 e. The van der Waals surface area contributed by atoms with E-state index < -0.39 is 23.3 Å². The van der Waals surface area contributed by atoms with Crippen molar-refractivity contribution in [2.75, 3.05) is 0 Å². The number of hydrogen-bond donors (Lipinski definition) is 0. The van der Waals surface area contributed by atoms with Crippen LogP contribution in [-0.2, 0) is 22.4 Å². The van der Waals surface area contributed by atoms with Gasteiger partial charge in [-0.15, -0.1) is 0 Å². The Morgan fingerprint density at radius 3 is 2.36 bits per heavy atom. The molecule has 0 saturated heterocycles. The number of rotatable bonds is 0. The lowest BCUT2D eigenvalue weighted by molar-refractivity contribution is -0.369. The quantitative estimate of drug-likeness (QED) is 0.375. The molecule has 0 fully saturated rings. The van der Waals surface area contributed by atoms with Gasteiger partial charge in [0.1, 0.15) is 5.65 Å². The predicted molar refractivity (Wildman–Crippen MR) is 95.6 cm³/mol. The van der Waals surface area contributed by atoms with Gasteiger partial charge in [-0.2, -0.15) is 17.6 Å². The van der Waals surface area contributed by atoms with Gasteiger partial charge >= 0.3 is 12.2 Å². The van der Waals surface area contributed by atoms with Gasteiger partial charge in [0.15, 0.2) is 0 Å². The van der Waals surface area contributed by atoms with Gasteiger partial charge in [0, 0.05) is 28.9 Å². The molecule has 0 bridgehead atoms. The van der Waals surface area contributed by atoms with Crippen LogP contribution in [0.15, 0.2) is 36.7 Å². The minimum atomic E-state index is -4.06. The maximum atomic E-state index is 13.9. The van der Waals surface area contributed by atoms with Crippen molar-refractivity contribution in [3.63, 3.8) is 0 Å². The van der Waals surface area contributed by atoms with Crippen LogP contribution < -0.4 is 0 Å². The molecule has 144 valence electrons. The topological polar surface area (TPSA) is 39.4 Å². The number of benzene rings is 1. The summed E-state index contributed by atoms with van der Waals surface area (Å²) in [4.78, 5) is 8.91. The van der Waals surface area contributed by atoms with Gasteiger partial charge in [-0.05, 0) is 29.7 Å². The molecule has 1 aliphatic heterocycles. The SMILES string of the molecule is CC(C)(C)c1cc2ccn3c4cc5c(cc4nc3c2cn1)C(F)(F)OC5(F)F. The standard InChI is InChI=1S/C20H15F4N3O/c1-18(2,3)16-6-10-4-5-27-15-8-13-12(19(21,22)28-20(13,23)24)7-14(15)26-17(27)11(10)9-25-16/h4-9H,1-3H3. The van der Waals surface area contributed by atoms with E-state index in [-0.39, 0.29) is 10.9 Å². The number of halogens is 4. The summed E-state index contributed by atoms with van der Waals surface area (Å²) in [7, 11) is 0. The zero-order chi connectivity index (χ0) is 20.1. The van der Waals surface area contributed by atoms with E-state index in [2.05, 4.69) is 14.7 Å². The van der Waals surface area contributed by atoms with E-state index in [1.54, 1.807) is 16.8 Å². The largest absolute Gasteiger partial charge is 0.388 e.